The van der Waals surface area contributed by atoms with Crippen LogP contribution >= 0.6 is 27.5 Å². The molecule has 1 aromatic rings. The van der Waals surface area contributed by atoms with E-state index in [0.29, 0.717) is 6.54 Å². The molecule has 0 fully saturated rings. The largest absolute Gasteiger partial charge is 0.507 e. The summed E-state index contributed by atoms with van der Waals surface area (Å²) in [6, 6.07) is 4.74. The molecule has 88 valence electrons. The molecule has 0 saturated heterocycles. The van der Waals surface area contributed by atoms with Crippen molar-refractivity contribution in [1.82, 2.24) is 5.32 Å². The number of phenolic OH excluding ortho intramolecular Hbond substituents is 1. The van der Waals surface area contributed by atoms with Gasteiger partial charge in [0.15, 0.2) is 0 Å². The van der Waals surface area contributed by atoms with E-state index in [2.05, 4.69) is 21.2 Å². The van der Waals surface area contributed by atoms with E-state index in [1.807, 2.05) is 6.92 Å². The van der Waals surface area contributed by atoms with E-state index in [0.717, 1.165) is 10.9 Å². The average molecular weight is 307 g/mol. The SMILES string of the molecule is CCC(Cl)CNC(=O)c1ccc(Br)cc1O. The van der Waals surface area contributed by atoms with Gasteiger partial charge in [0, 0.05) is 11.0 Å². The summed E-state index contributed by atoms with van der Waals surface area (Å²) in [5, 5.41) is 12.1. The highest BCUT2D eigenvalue weighted by atomic mass is 79.9. The number of carbonyl (C=O) groups is 1. The smallest absolute Gasteiger partial charge is 0.255 e. The maximum atomic E-state index is 11.7. The van der Waals surface area contributed by atoms with Crippen molar-refractivity contribution in [3.05, 3.63) is 28.2 Å². The molecule has 0 aliphatic carbocycles. The number of amides is 1. The van der Waals surface area contributed by atoms with Crippen molar-refractivity contribution in [3.8, 4) is 5.75 Å². The molecule has 3 nitrogen and oxygen atoms in total. The molecule has 1 aromatic carbocycles. The standard InChI is InChI=1S/C11H13BrClNO2/c1-2-8(13)6-14-11(16)9-4-3-7(12)5-10(9)15/h3-5,8,15H,2,6H2,1H3,(H,14,16). The van der Waals surface area contributed by atoms with Gasteiger partial charge in [-0.05, 0) is 24.6 Å². The molecule has 1 amide bonds. The number of carbonyl (C=O) groups excluding carboxylic acids is 1. The number of nitrogens with one attached hydrogen (secondary N) is 1. The summed E-state index contributed by atoms with van der Waals surface area (Å²) < 4.78 is 0.727. The van der Waals surface area contributed by atoms with Gasteiger partial charge in [0.2, 0.25) is 0 Å². The maximum Gasteiger partial charge on any atom is 0.255 e. The van der Waals surface area contributed by atoms with Crippen LogP contribution < -0.4 is 5.32 Å². The van der Waals surface area contributed by atoms with E-state index in [1.54, 1.807) is 12.1 Å². The highest BCUT2D eigenvalue weighted by molar-refractivity contribution is 9.10. The highest BCUT2D eigenvalue weighted by Crippen LogP contribution is 2.22. The first kappa shape index (κ1) is 13.3. The molecule has 0 bridgehead atoms. The number of alkyl halides is 1. The fraction of sp³-hybridized carbons (Fsp3) is 0.364. The van der Waals surface area contributed by atoms with Crippen LogP contribution in [0.4, 0.5) is 0 Å². The van der Waals surface area contributed by atoms with Crippen LogP contribution in [0.1, 0.15) is 23.7 Å². The Bertz CT molecular complexity index is 384. The van der Waals surface area contributed by atoms with E-state index >= 15 is 0 Å². The van der Waals surface area contributed by atoms with Gasteiger partial charge in [0.1, 0.15) is 5.75 Å². The van der Waals surface area contributed by atoms with E-state index in [1.165, 1.54) is 6.07 Å². The van der Waals surface area contributed by atoms with Gasteiger partial charge in [-0.15, -0.1) is 11.6 Å². The number of aromatic hydroxyl groups is 1. The van der Waals surface area contributed by atoms with Crippen LogP contribution in [-0.2, 0) is 0 Å². The Morgan fingerprint density at radius 3 is 2.88 bits per heavy atom. The van der Waals surface area contributed by atoms with Crippen LogP contribution in [0.15, 0.2) is 22.7 Å². The topological polar surface area (TPSA) is 49.3 Å². The molecule has 0 heterocycles. The number of rotatable bonds is 4. The van der Waals surface area contributed by atoms with Crippen LogP contribution in [0.5, 0.6) is 5.75 Å². The fourth-order valence-corrected chi connectivity index (χ4v) is 1.57. The van der Waals surface area contributed by atoms with Crippen molar-refractivity contribution >= 4 is 33.4 Å². The summed E-state index contributed by atoms with van der Waals surface area (Å²) in [6.45, 7) is 2.34. The van der Waals surface area contributed by atoms with Crippen LogP contribution in [0.2, 0.25) is 0 Å². The Hall–Kier alpha value is -0.740. The summed E-state index contributed by atoms with van der Waals surface area (Å²) >= 11 is 9.08. The normalized spacial score (nSPS) is 12.2. The lowest BCUT2D eigenvalue weighted by atomic mass is 10.2. The number of benzene rings is 1. The summed E-state index contributed by atoms with van der Waals surface area (Å²) in [5.74, 6) is -0.362. The number of hydrogen-bond donors (Lipinski definition) is 2. The average Bonchev–Trinajstić information content (AvgIpc) is 2.25. The van der Waals surface area contributed by atoms with Crippen LogP contribution in [0.25, 0.3) is 0 Å². The minimum absolute atomic E-state index is 0.0468. The quantitative estimate of drug-likeness (QED) is 0.840. The number of phenols is 1. The molecule has 0 spiro atoms. The molecular weight excluding hydrogens is 293 g/mol. The molecule has 0 saturated carbocycles. The van der Waals surface area contributed by atoms with E-state index in [9.17, 15) is 9.90 Å². The van der Waals surface area contributed by atoms with Gasteiger partial charge in [-0.1, -0.05) is 22.9 Å². The van der Waals surface area contributed by atoms with Crippen LogP contribution in [0, 0.1) is 0 Å². The molecule has 2 N–H and O–H groups in total. The monoisotopic (exact) mass is 305 g/mol. The first-order valence-electron chi connectivity index (χ1n) is 4.95. The maximum absolute atomic E-state index is 11.7. The van der Waals surface area contributed by atoms with Crippen molar-refractivity contribution in [3.63, 3.8) is 0 Å². The Labute approximate surface area is 108 Å². The lowest BCUT2D eigenvalue weighted by Gasteiger charge is -2.09. The lowest BCUT2D eigenvalue weighted by Crippen LogP contribution is -2.29. The molecule has 0 radical (unpaired) electrons. The number of hydrogen-bond acceptors (Lipinski definition) is 2. The van der Waals surface area contributed by atoms with Crippen LogP contribution in [0.3, 0.4) is 0 Å². The second-order valence-corrected chi connectivity index (χ2v) is 4.91. The molecule has 0 aliphatic rings. The van der Waals surface area contributed by atoms with Gasteiger partial charge in [0.05, 0.1) is 10.9 Å². The summed E-state index contributed by atoms with van der Waals surface area (Å²) in [7, 11) is 0. The van der Waals surface area contributed by atoms with Crippen molar-refractivity contribution in [2.45, 2.75) is 18.7 Å². The van der Waals surface area contributed by atoms with Crippen molar-refractivity contribution < 1.29 is 9.90 Å². The zero-order valence-corrected chi connectivity index (χ0v) is 11.2. The minimum atomic E-state index is -0.316. The molecule has 5 heteroatoms. The summed E-state index contributed by atoms with van der Waals surface area (Å²) in [4.78, 5) is 11.7. The highest BCUT2D eigenvalue weighted by Gasteiger charge is 2.12. The predicted molar refractivity (Wildman–Crippen MR) is 68.1 cm³/mol. The van der Waals surface area contributed by atoms with Crippen molar-refractivity contribution in [2.75, 3.05) is 6.54 Å². The summed E-state index contributed by atoms with van der Waals surface area (Å²) in [6.07, 6.45) is 0.786. The van der Waals surface area contributed by atoms with Crippen LogP contribution in [-0.4, -0.2) is 22.9 Å². The molecule has 1 atom stereocenters. The van der Waals surface area contributed by atoms with E-state index in [-0.39, 0.29) is 22.6 Å². The Kier molecular flexibility index (Phi) is 5.09. The Morgan fingerprint density at radius 2 is 2.31 bits per heavy atom. The van der Waals surface area contributed by atoms with Gasteiger partial charge in [-0.3, -0.25) is 4.79 Å². The summed E-state index contributed by atoms with van der Waals surface area (Å²) in [5.41, 5.74) is 0.253. The first-order valence-corrected chi connectivity index (χ1v) is 6.18. The first-order chi connectivity index (χ1) is 7.54. The number of halogens is 2. The zero-order chi connectivity index (χ0) is 12.1. The minimum Gasteiger partial charge on any atom is -0.507 e. The molecule has 0 aromatic heterocycles. The van der Waals surface area contributed by atoms with Gasteiger partial charge >= 0.3 is 0 Å². The molecule has 1 unspecified atom stereocenters. The molecule has 16 heavy (non-hydrogen) atoms. The van der Waals surface area contributed by atoms with Gasteiger partial charge < -0.3 is 10.4 Å². The van der Waals surface area contributed by atoms with Crippen molar-refractivity contribution in [1.29, 1.82) is 0 Å². The van der Waals surface area contributed by atoms with Gasteiger partial charge in [-0.25, -0.2) is 0 Å². The Morgan fingerprint density at radius 1 is 1.62 bits per heavy atom. The van der Waals surface area contributed by atoms with Gasteiger partial charge in [-0.2, -0.15) is 0 Å². The second-order valence-electron chi connectivity index (χ2n) is 3.38. The van der Waals surface area contributed by atoms with Crippen molar-refractivity contribution in [2.24, 2.45) is 0 Å². The zero-order valence-electron chi connectivity index (χ0n) is 8.84. The van der Waals surface area contributed by atoms with Gasteiger partial charge in [0.25, 0.3) is 5.91 Å². The Balaban J connectivity index is 2.66. The molecular formula is C11H13BrClNO2. The molecule has 1 rings (SSSR count). The predicted octanol–water partition coefficient (Wildman–Crippen LogP) is 2.90. The molecule has 0 aliphatic heterocycles. The third kappa shape index (κ3) is 3.68. The second kappa shape index (κ2) is 6.11. The fourth-order valence-electron chi connectivity index (χ4n) is 1.14. The van der Waals surface area contributed by atoms with E-state index in [4.69, 9.17) is 11.6 Å². The lowest BCUT2D eigenvalue weighted by molar-refractivity contribution is 0.0951. The third-order valence-electron chi connectivity index (χ3n) is 2.13. The van der Waals surface area contributed by atoms with E-state index < -0.39 is 0 Å². The third-order valence-corrected chi connectivity index (χ3v) is 3.09.